The quantitative estimate of drug-likeness (QED) is 0.0820. The van der Waals surface area contributed by atoms with E-state index in [1.165, 1.54) is 51.4 Å². The van der Waals surface area contributed by atoms with Crippen molar-refractivity contribution < 1.29 is 91.9 Å². The fourth-order valence-corrected chi connectivity index (χ4v) is 6.33. The molecule has 10 heteroatoms. The van der Waals surface area contributed by atoms with E-state index in [2.05, 4.69) is 13.8 Å². The van der Waals surface area contributed by atoms with Gasteiger partial charge in [0.2, 0.25) is 0 Å². The summed E-state index contributed by atoms with van der Waals surface area (Å²) in [6, 6.07) is 0. The zero-order chi connectivity index (χ0) is 27.3. The molecule has 0 bridgehead atoms. The molecule has 214 valence electrons. The summed E-state index contributed by atoms with van der Waals surface area (Å²) in [7, 11) is -5.17. The van der Waals surface area contributed by atoms with E-state index >= 15 is 0 Å². The molecule has 0 heterocycles. The maximum absolute atomic E-state index is 12.2. The van der Waals surface area contributed by atoms with Gasteiger partial charge in [-0.25, -0.2) is 0 Å². The summed E-state index contributed by atoms with van der Waals surface area (Å²) in [6.45, 7) is 4.35. The first-order valence-corrected chi connectivity index (χ1v) is 16.0. The Morgan fingerprint density at radius 3 is 1.08 bits per heavy atom. The van der Waals surface area contributed by atoms with E-state index in [0.29, 0.717) is 25.7 Å². The summed E-state index contributed by atoms with van der Waals surface area (Å²) in [4.78, 5) is 23.9. The van der Waals surface area contributed by atoms with Gasteiger partial charge in [0, 0.05) is 11.4 Å². The van der Waals surface area contributed by atoms with Gasteiger partial charge < -0.3 is 19.8 Å². The monoisotopic (exact) mass is 578 g/mol. The Bertz CT molecular complexity index is 663. The number of hydrogen-bond donors (Lipinski definition) is 1. The van der Waals surface area contributed by atoms with Gasteiger partial charge in [-0.15, -0.1) is 0 Å². The zero-order valence-electron chi connectivity index (χ0n) is 24.9. The Labute approximate surface area is 277 Å². The molecular weight excluding hydrogens is 526 g/mol. The Balaban J connectivity index is -0.00000612. The maximum Gasteiger partial charge on any atom is 1.00 e. The minimum absolute atomic E-state index is 0. The predicted molar refractivity (Wildman–Crippen MR) is 141 cm³/mol. The summed E-state index contributed by atoms with van der Waals surface area (Å²) in [5.74, 6) is -3.82. The van der Waals surface area contributed by atoms with Crippen LogP contribution in [0.2, 0.25) is 0 Å². The summed E-state index contributed by atoms with van der Waals surface area (Å²) in [5, 5.41) is 21.4. The molecular formula is C28H52Na2O7S. The van der Waals surface area contributed by atoms with E-state index in [9.17, 15) is 32.8 Å². The van der Waals surface area contributed by atoms with E-state index in [1.807, 2.05) is 0 Å². The second-order valence-corrected chi connectivity index (χ2v) is 12.0. The van der Waals surface area contributed by atoms with Crippen LogP contribution >= 0.6 is 0 Å². The first kappa shape index (κ1) is 43.3. The van der Waals surface area contributed by atoms with Gasteiger partial charge in [0.25, 0.3) is 10.1 Å². The Hall–Kier alpha value is 0.850. The van der Waals surface area contributed by atoms with Crippen LogP contribution < -0.4 is 69.3 Å². The number of carbonyl (C=O) groups is 2. The topological polar surface area (TPSA) is 135 Å². The summed E-state index contributed by atoms with van der Waals surface area (Å²) in [6.07, 6.45) is 19.8. The molecule has 0 amide bonds. The fraction of sp³-hybridized carbons (Fsp3) is 0.929. The van der Waals surface area contributed by atoms with Gasteiger partial charge in [0.1, 0.15) is 5.25 Å². The molecule has 0 aliphatic heterocycles. The molecule has 7 nitrogen and oxygen atoms in total. The molecule has 0 spiro atoms. The number of unbranched alkanes of at least 4 members (excludes halogenated alkanes) is 18. The largest absolute Gasteiger partial charge is 1.00 e. The number of carboxylic acid groups (broad SMARTS) is 2. The molecule has 0 aliphatic rings. The second kappa shape index (κ2) is 26.7. The normalized spacial score (nSPS) is 12.4. The third kappa shape index (κ3) is 19.8. The number of hydrogen-bond acceptors (Lipinski definition) is 6. The molecule has 0 aromatic rings. The Kier molecular flexibility index (Phi) is 30.5. The van der Waals surface area contributed by atoms with Crippen LogP contribution in [-0.4, -0.2) is 30.2 Å². The van der Waals surface area contributed by atoms with Crippen LogP contribution in [0.5, 0.6) is 0 Å². The van der Waals surface area contributed by atoms with Crippen LogP contribution in [-0.2, 0) is 19.7 Å². The van der Waals surface area contributed by atoms with Gasteiger partial charge in [0.05, 0.1) is 5.97 Å². The van der Waals surface area contributed by atoms with Crippen molar-refractivity contribution in [2.45, 2.75) is 160 Å². The number of carboxylic acids is 2. The average molecular weight is 579 g/mol. The molecule has 0 aromatic heterocycles. The van der Waals surface area contributed by atoms with E-state index in [0.717, 1.165) is 51.4 Å². The van der Waals surface area contributed by atoms with E-state index in [1.54, 1.807) is 0 Å². The minimum atomic E-state index is -5.17. The van der Waals surface area contributed by atoms with E-state index in [-0.39, 0.29) is 72.0 Å². The van der Waals surface area contributed by atoms with Crippen LogP contribution in [0.15, 0.2) is 0 Å². The minimum Gasteiger partial charge on any atom is -0.549 e. The maximum atomic E-state index is 12.2. The molecule has 1 unspecified atom stereocenters. The first-order chi connectivity index (χ1) is 17.1. The van der Waals surface area contributed by atoms with Gasteiger partial charge >= 0.3 is 59.1 Å². The molecule has 0 radical (unpaired) electrons. The smallest absolute Gasteiger partial charge is 0.549 e. The average Bonchev–Trinajstić information content (AvgIpc) is 2.79. The SMILES string of the molecule is CCCCCCCCCCCCC(CCCCCCCCCCCC)(C(=O)[O-])C(C(=O)[O-])S(=O)(=O)O.[Na+].[Na+]. The third-order valence-corrected chi connectivity index (χ3v) is 8.61. The van der Waals surface area contributed by atoms with E-state index in [4.69, 9.17) is 0 Å². The van der Waals surface area contributed by atoms with Crippen LogP contribution in [0.1, 0.15) is 155 Å². The van der Waals surface area contributed by atoms with Gasteiger partial charge in [-0.3, -0.25) is 4.55 Å². The van der Waals surface area contributed by atoms with Crippen molar-refractivity contribution >= 4 is 22.1 Å². The van der Waals surface area contributed by atoms with Crippen molar-refractivity contribution in [2.75, 3.05) is 0 Å². The number of carbonyl (C=O) groups excluding carboxylic acids is 2. The van der Waals surface area contributed by atoms with Crippen molar-refractivity contribution in [3.63, 3.8) is 0 Å². The van der Waals surface area contributed by atoms with Crippen molar-refractivity contribution in [3.05, 3.63) is 0 Å². The molecule has 0 aliphatic carbocycles. The van der Waals surface area contributed by atoms with Gasteiger partial charge in [0.15, 0.2) is 0 Å². The molecule has 1 atom stereocenters. The van der Waals surface area contributed by atoms with Gasteiger partial charge in [-0.2, -0.15) is 8.42 Å². The molecule has 38 heavy (non-hydrogen) atoms. The summed E-state index contributed by atoms with van der Waals surface area (Å²) < 4.78 is 33.5. The van der Waals surface area contributed by atoms with E-state index < -0.39 is 32.7 Å². The van der Waals surface area contributed by atoms with Crippen LogP contribution in [0, 0.1) is 5.41 Å². The molecule has 0 saturated carbocycles. The number of aliphatic carboxylic acids is 2. The van der Waals surface area contributed by atoms with Gasteiger partial charge in [-0.1, -0.05) is 142 Å². The summed E-state index contributed by atoms with van der Waals surface area (Å²) >= 11 is 0. The van der Waals surface area contributed by atoms with Crippen molar-refractivity contribution in [2.24, 2.45) is 5.41 Å². The fourth-order valence-electron chi connectivity index (χ4n) is 5.19. The molecule has 0 saturated heterocycles. The van der Waals surface area contributed by atoms with Crippen molar-refractivity contribution in [1.82, 2.24) is 0 Å². The molecule has 0 aromatic carbocycles. The van der Waals surface area contributed by atoms with Crippen LogP contribution in [0.4, 0.5) is 0 Å². The van der Waals surface area contributed by atoms with Crippen LogP contribution in [0.25, 0.3) is 0 Å². The standard InChI is InChI=1S/C28H54O7S.2Na/c1-3-5-7-9-11-13-15-17-19-21-23-28(27(31)32,25(26(29)30)36(33,34)35)24-22-20-18-16-14-12-10-8-6-4-2;;/h25H,3-24H2,1-2H3,(H,29,30)(H,31,32)(H,33,34,35);;/q;2*+1/p-2. The third-order valence-electron chi connectivity index (χ3n) is 7.37. The van der Waals surface area contributed by atoms with Crippen LogP contribution in [0.3, 0.4) is 0 Å². The molecule has 0 fully saturated rings. The zero-order valence-corrected chi connectivity index (χ0v) is 29.8. The summed E-state index contributed by atoms with van der Waals surface area (Å²) in [5.41, 5.74) is -2.19. The molecule has 1 N–H and O–H groups in total. The Morgan fingerprint density at radius 2 is 0.868 bits per heavy atom. The van der Waals surface area contributed by atoms with Crippen molar-refractivity contribution in [1.29, 1.82) is 0 Å². The van der Waals surface area contributed by atoms with Gasteiger partial charge in [-0.05, 0) is 12.8 Å². The second-order valence-electron chi connectivity index (χ2n) is 10.5. The molecule has 0 rings (SSSR count). The number of rotatable bonds is 26. The Morgan fingerprint density at radius 1 is 0.605 bits per heavy atom. The first-order valence-electron chi connectivity index (χ1n) is 14.5. The van der Waals surface area contributed by atoms with Crippen molar-refractivity contribution in [3.8, 4) is 0 Å². The predicted octanol–water partition coefficient (Wildman–Crippen LogP) is -0.641.